The fourth-order valence-electron chi connectivity index (χ4n) is 3.19. The minimum Gasteiger partial charge on any atom is -0.460 e. The van der Waals surface area contributed by atoms with Gasteiger partial charge >= 0.3 is 5.97 Å². The Hall–Kier alpha value is -1.24. The van der Waals surface area contributed by atoms with Crippen LogP contribution in [0.3, 0.4) is 0 Å². The molecule has 1 fully saturated rings. The minimum absolute atomic E-state index is 0.00815. The molecule has 3 rings (SSSR count). The molecule has 0 aromatic heterocycles. The molecule has 2 aromatic rings. The molecule has 4 nitrogen and oxygen atoms in total. The van der Waals surface area contributed by atoms with Crippen LogP contribution >= 0.6 is 35.0 Å². The third-order valence-corrected chi connectivity index (χ3v) is 6.60. The Balaban J connectivity index is 1.55. The van der Waals surface area contributed by atoms with E-state index in [1.54, 1.807) is 17.8 Å². The Kier molecular flexibility index (Phi) is 8.11. The van der Waals surface area contributed by atoms with Gasteiger partial charge in [-0.3, -0.25) is 9.69 Å². The van der Waals surface area contributed by atoms with Gasteiger partial charge in [0.2, 0.25) is 0 Å². The number of carbonyl (C=O) groups excluding carboxylic acids is 1. The highest BCUT2D eigenvalue weighted by atomic mass is 35.5. The fourth-order valence-corrected chi connectivity index (χ4v) is 4.53. The van der Waals surface area contributed by atoms with Crippen LogP contribution in [0.1, 0.15) is 38.9 Å². The van der Waals surface area contributed by atoms with Gasteiger partial charge < -0.3 is 9.47 Å². The molecular weight excluding hydrogens is 441 g/mol. The number of esters is 1. The number of carbonyl (C=O) groups is 1. The van der Waals surface area contributed by atoms with Crippen LogP contribution in [0.15, 0.2) is 52.3 Å². The summed E-state index contributed by atoms with van der Waals surface area (Å²) in [6.45, 7) is 8.56. The first-order valence-electron chi connectivity index (χ1n) is 9.99. The molecule has 1 heterocycles. The van der Waals surface area contributed by atoms with Crippen molar-refractivity contribution < 1.29 is 14.3 Å². The quantitative estimate of drug-likeness (QED) is 0.469. The van der Waals surface area contributed by atoms with Crippen molar-refractivity contribution in [2.24, 2.45) is 0 Å². The van der Waals surface area contributed by atoms with Crippen molar-refractivity contribution in [2.75, 3.05) is 26.2 Å². The monoisotopic (exact) mass is 467 g/mol. The Bertz CT molecular complexity index is 868. The Morgan fingerprint density at radius 3 is 2.63 bits per heavy atom. The fraction of sp³-hybridized carbons (Fsp3) is 0.435. The molecule has 2 aromatic carbocycles. The second kappa shape index (κ2) is 10.4. The van der Waals surface area contributed by atoms with Crippen LogP contribution in [-0.2, 0) is 14.3 Å². The first-order valence-corrected chi connectivity index (χ1v) is 11.6. The van der Waals surface area contributed by atoms with E-state index in [9.17, 15) is 4.79 Å². The standard InChI is InChI=1S/C23H27Cl2NO3S/c1-23(2,3)29-21(27)11-12-26-13-14-28-19(15-26)16-7-9-17(10-8-16)30-20-6-4-5-18(24)22(20)25/h4-10,19H,11-15H2,1-3H3. The molecule has 0 N–H and O–H groups in total. The third-order valence-electron chi connectivity index (χ3n) is 4.60. The van der Waals surface area contributed by atoms with E-state index in [0.717, 1.165) is 28.4 Å². The number of hydrogen-bond donors (Lipinski definition) is 0. The zero-order chi connectivity index (χ0) is 21.7. The number of benzene rings is 2. The van der Waals surface area contributed by atoms with Crippen molar-refractivity contribution in [1.82, 2.24) is 4.90 Å². The van der Waals surface area contributed by atoms with Crippen molar-refractivity contribution in [3.63, 3.8) is 0 Å². The summed E-state index contributed by atoms with van der Waals surface area (Å²) in [6.07, 6.45) is 0.381. The van der Waals surface area contributed by atoms with Gasteiger partial charge in [0.25, 0.3) is 0 Å². The van der Waals surface area contributed by atoms with Crippen LogP contribution in [0.4, 0.5) is 0 Å². The zero-order valence-corrected chi connectivity index (χ0v) is 19.8. The first-order chi connectivity index (χ1) is 14.2. The summed E-state index contributed by atoms with van der Waals surface area (Å²) in [4.78, 5) is 16.3. The lowest BCUT2D eigenvalue weighted by Gasteiger charge is -2.33. The lowest BCUT2D eigenvalue weighted by atomic mass is 10.1. The predicted molar refractivity (Wildman–Crippen MR) is 123 cm³/mol. The van der Waals surface area contributed by atoms with Gasteiger partial charge in [-0.15, -0.1) is 0 Å². The van der Waals surface area contributed by atoms with E-state index in [1.807, 2.05) is 32.9 Å². The van der Waals surface area contributed by atoms with Crippen LogP contribution in [0.25, 0.3) is 0 Å². The highest BCUT2D eigenvalue weighted by molar-refractivity contribution is 7.99. The van der Waals surface area contributed by atoms with Crippen LogP contribution in [0, 0.1) is 0 Å². The number of hydrogen-bond acceptors (Lipinski definition) is 5. The molecule has 0 spiro atoms. The van der Waals surface area contributed by atoms with Gasteiger partial charge in [0.05, 0.1) is 29.2 Å². The van der Waals surface area contributed by atoms with Crippen molar-refractivity contribution in [3.05, 3.63) is 58.1 Å². The summed E-state index contributed by atoms with van der Waals surface area (Å²) in [6, 6.07) is 13.9. The van der Waals surface area contributed by atoms with Gasteiger partial charge in [-0.2, -0.15) is 0 Å². The number of rotatable bonds is 6. The average Bonchev–Trinajstić information content (AvgIpc) is 2.69. The van der Waals surface area contributed by atoms with Crippen LogP contribution in [-0.4, -0.2) is 42.7 Å². The largest absolute Gasteiger partial charge is 0.460 e. The van der Waals surface area contributed by atoms with E-state index in [0.29, 0.717) is 29.6 Å². The smallest absolute Gasteiger partial charge is 0.307 e. The van der Waals surface area contributed by atoms with Crippen molar-refractivity contribution in [1.29, 1.82) is 0 Å². The summed E-state index contributed by atoms with van der Waals surface area (Å²) in [5, 5.41) is 1.13. The molecule has 0 radical (unpaired) electrons. The lowest BCUT2D eigenvalue weighted by Crippen LogP contribution is -2.39. The highest BCUT2D eigenvalue weighted by Crippen LogP contribution is 2.37. The maximum atomic E-state index is 12.0. The van der Waals surface area contributed by atoms with E-state index in [-0.39, 0.29) is 12.1 Å². The van der Waals surface area contributed by atoms with E-state index < -0.39 is 5.60 Å². The SMILES string of the molecule is CC(C)(C)OC(=O)CCN1CCOC(c2ccc(Sc3cccc(Cl)c3Cl)cc2)C1. The van der Waals surface area contributed by atoms with Crippen LogP contribution in [0.2, 0.25) is 10.0 Å². The number of ether oxygens (including phenoxy) is 2. The Labute approximate surface area is 192 Å². The molecule has 1 unspecified atom stereocenters. The number of halogens is 2. The van der Waals surface area contributed by atoms with Gasteiger partial charge in [-0.05, 0) is 50.6 Å². The maximum Gasteiger partial charge on any atom is 0.307 e. The predicted octanol–water partition coefficient (Wildman–Crippen LogP) is 6.25. The first kappa shape index (κ1) is 23.4. The van der Waals surface area contributed by atoms with E-state index in [1.165, 1.54) is 0 Å². The minimum atomic E-state index is -0.445. The normalized spacial score (nSPS) is 17.7. The average molecular weight is 468 g/mol. The number of nitrogens with zero attached hydrogens (tertiary/aromatic N) is 1. The summed E-state index contributed by atoms with van der Waals surface area (Å²) < 4.78 is 11.4. The van der Waals surface area contributed by atoms with Crippen molar-refractivity contribution in [2.45, 2.75) is 48.7 Å². The molecule has 162 valence electrons. The van der Waals surface area contributed by atoms with Gasteiger partial charge in [0.1, 0.15) is 5.60 Å². The second-order valence-corrected chi connectivity index (χ2v) is 10.1. The number of morpholine rings is 1. The Morgan fingerprint density at radius 2 is 1.93 bits per heavy atom. The van der Waals surface area contributed by atoms with Gasteiger partial charge in [-0.1, -0.05) is 53.2 Å². The molecule has 0 saturated carbocycles. The van der Waals surface area contributed by atoms with Gasteiger partial charge in [0, 0.05) is 29.4 Å². The van der Waals surface area contributed by atoms with E-state index in [2.05, 4.69) is 29.2 Å². The molecule has 0 bridgehead atoms. The summed E-state index contributed by atoms with van der Waals surface area (Å²) in [5.41, 5.74) is 0.679. The lowest BCUT2D eigenvalue weighted by molar-refractivity contribution is -0.155. The Morgan fingerprint density at radius 1 is 1.20 bits per heavy atom. The van der Waals surface area contributed by atoms with Crippen molar-refractivity contribution in [3.8, 4) is 0 Å². The molecule has 0 amide bonds. The molecule has 7 heteroatoms. The second-order valence-electron chi connectivity index (χ2n) is 8.22. The van der Waals surface area contributed by atoms with Gasteiger partial charge in [0.15, 0.2) is 0 Å². The van der Waals surface area contributed by atoms with Crippen LogP contribution in [0.5, 0.6) is 0 Å². The van der Waals surface area contributed by atoms with Crippen LogP contribution < -0.4 is 0 Å². The summed E-state index contributed by atoms with van der Waals surface area (Å²) in [5.74, 6) is -0.161. The van der Waals surface area contributed by atoms with E-state index >= 15 is 0 Å². The zero-order valence-electron chi connectivity index (χ0n) is 17.5. The molecule has 30 heavy (non-hydrogen) atoms. The topological polar surface area (TPSA) is 38.8 Å². The van der Waals surface area contributed by atoms with Crippen molar-refractivity contribution >= 4 is 40.9 Å². The molecule has 0 aliphatic carbocycles. The molecule has 1 aliphatic rings. The highest BCUT2D eigenvalue weighted by Gasteiger charge is 2.23. The maximum absolute atomic E-state index is 12.0. The molecule has 1 aliphatic heterocycles. The summed E-state index contributed by atoms with van der Waals surface area (Å²) >= 11 is 14.0. The van der Waals surface area contributed by atoms with Gasteiger partial charge in [-0.25, -0.2) is 0 Å². The summed E-state index contributed by atoms with van der Waals surface area (Å²) in [7, 11) is 0. The van der Waals surface area contributed by atoms with E-state index in [4.69, 9.17) is 32.7 Å². The molecular formula is C23H27Cl2NO3S. The molecule has 1 atom stereocenters. The molecule has 1 saturated heterocycles. The third kappa shape index (κ3) is 6.89.